The zero-order valence-corrected chi connectivity index (χ0v) is 12.2. The maximum atomic E-state index is 6.27. The molecule has 0 aromatic carbocycles. The second-order valence-corrected chi connectivity index (χ2v) is 7.25. The molecular formula is C16H21ClN2. The molecule has 2 nitrogen and oxygen atoms in total. The van der Waals surface area contributed by atoms with Gasteiger partial charge in [0.05, 0.1) is 5.69 Å². The van der Waals surface area contributed by atoms with E-state index in [1.807, 2.05) is 6.07 Å². The Morgan fingerprint density at radius 3 is 2.32 bits per heavy atom. The number of hydrogen-bond acceptors (Lipinski definition) is 2. The van der Waals surface area contributed by atoms with Crippen molar-refractivity contribution in [3.05, 3.63) is 23.0 Å². The van der Waals surface area contributed by atoms with Crippen LogP contribution in [0.4, 0.5) is 5.69 Å². The third kappa shape index (κ3) is 1.96. The van der Waals surface area contributed by atoms with Gasteiger partial charge in [0.25, 0.3) is 0 Å². The lowest BCUT2D eigenvalue weighted by atomic mass is 9.54. The Morgan fingerprint density at radius 1 is 1.11 bits per heavy atom. The van der Waals surface area contributed by atoms with Gasteiger partial charge >= 0.3 is 0 Å². The zero-order chi connectivity index (χ0) is 13.0. The maximum Gasteiger partial charge on any atom is 0.152 e. The van der Waals surface area contributed by atoms with Crippen molar-refractivity contribution in [2.24, 2.45) is 23.7 Å². The second kappa shape index (κ2) is 4.37. The molecule has 0 radical (unpaired) electrons. The summed E-state index contributed by atoms with van der Waals surface area (Å²) < 4.78 is 0. The number of halogens is 1. The van der Waals surface area contributed by atoms with E-state index >= 15 is 0 Å². The minimum Gasteiger partial charge on any atom is -0.379 e. The average Bonchev–Trinajstić information content (AvgIpc) is 2.36. The third-order valence-corrected chi connectivity index (χ3v) is 5.94. The van der Waals surface area contributed by atoms with Crippen LogP contribution in [-0.2, 0) is 0 Å². The van der Waals surface area contributed by atoms with Crippen molar-refractivity contribution in [3.63, 3.8) is 0 Å². The Kier molecular flexibility index (Phi) is 2.77. The Labute approximate surface area is 120 Å². The molecule has 1 aromatic heterocycles. The number of nitrogens with zero attached hydrogens (tertiary/aromatic N) is 1. The quantitative estimate of drug-likeness (QED) is 0.816. The van der Waals surface area contributed by atoms with Gasteiger partial charge in [-0.1, -0.05) is 11.6 Å². The van der Waals surface area contributed by atoms with E-state index in [1.54, 1.807) is 6.20 Å². The van der Waals surface area contributed by atoms with Crippen molar-refractivity contribution < 1.29 is 0 Å². The molecule has 0 saturated heterocycles. The van der Waals surface area contributed by atoms with Gasteiger partial charge in [-0.2, -0.15) is 0 Å². The first-order valence-corrected chi connectivity index (χ1v) is 7.96. The van der Waals surface area contributed by atoms with Gasteiger partial charge in [-0.15, -0.1) is 0 Å². The van der Waals surface area contributed by atoms with Crippen LogP contribution in [0.1, 0.15) is 37.7 Å². The summed E-state index contributed by atoms with van der Waals surface area (Å²) in [6, 6.07) is 2.68. The van der Waals surface area contributed by atoms with Gasteiger partial charge in [0.15, 0.2) is 5.15 Å². The fourth-order valence-corrected chi connectivity index (χ4v) is 5.29. The summed E-state index contributed by atoms with van der Waals surface area (Å²) in [5, 5.41) is 4.40. The first-order valence-electron chi connectivity index (χ1n) is 7.58. The normalized spacial score (nSPS) is 39.6. The summed E-state index contributed by atoms with van der Waals surface area (Å²) in [7, 11) is 0. The van der Waals surface area contributed by atoms with Gasteiger partial charge in [0, 0.05) is 12.2 Å². The summed E-state index contributed by atoms with van der Waals surface area (Å²) in [6.45, 7) is 2.12. The number of rotatable bonds is 2. The Morgan fingerprint density at radius 2 is 1.74 bits per heavy atom. The number of hydrogen-bond donors (Lipinski definition) is 1. The molecule has 4 saturated carbocycles. The maximum absolute atomic E-state index is 6.27. The molecule has 0 amide bonds. The molecule has 4 bridgehead atoms. The largest absolute Gasteiger partial charge is 0.379 e. The molecule has 102 valence electrons. The van der Waals surface area contributed by atoms with E-state index in [9.17, 15) is 0 Å². The van der Waals surface area contributed by atoms with Crippen LogP contribution in [0.25, 0.3) is 0 Å². The lowest BCUT2D eigenvalue weighted by Crippen LogP contribution is -2.51. The van der Waals surface area contributed by atoms with Crippen molar-refractivity contribution in [1.82, 2.24) is 4.98 Å². The molecule has 1 aromatic rings. The van der Waals surface area contributed by atoms with Crippen molar-refractivity contribution in [1.29, 1.82) is 0 Å². The van der Waals surface area contributed by atoms with Crippen LogP contribution in [-0.4, -0.2) is 11.0 Å². The van der Waals surface area contributed by atoms with Gasteiger partial charge in [-0.3, -0.25) is 0 Å². The van der Waals surface area contributed by atoms with E-state index in [0.717, 1.165) is 29.4 Å². The van der Waals surface area contributed by atoms with Gasteiger partial charge < -0.3 is 5.32 Å². The monoisotopic (exact) mass is 276 g/mol. The highest BCUT2D eigenvalue weighted by molar-refractivity contribution is 6.32. The highest BCUT2D eigenvalue weighted by Gasteiger charge is 2.48. The molecule has 3 heteroatoms. The topological polar surface area (TPSA) is 24.9 Å². The van der Waals surface area contributed by atoms with Crippen molar-refractivity contribution in [3.8, 4) is 0 Å². The minimum atomic E-state index is 0.633. The number of pyridine rings is 1. The van der Waals surface area contributed by atoms with E-state index < -0.39 is 0 Å². The first kappa shape index (κ1) is 12.0. The van der Waals surface area contributed by atoms with E-state index in [4.69, 9.17) is 11.6 Å². The smallest absolute Gasteiger partial charge is 0.152 e. The third-order valence-electron chi connectivity index (χ3n) is 5.65. The number of aromatic nitrogens is 1. The highest BCUT2D eigenvalue weighted by Crippen LogP contribution is 2.54. The molecule has 1 N–H and O–H groups in total. The highest BCUT2D eigenvalue weighted by atomic mass is 35.5. The van der Waals surface area contributed by atoms with Gasteiger partial charge in [-0.25, -0.2) is 4.98 Å². The average molecular weight is 277 g/mol. The van der Waals surface area contributed by atoms with E-state index in [2.05, 4.69) is 17.2 Å². The van der Waals surface area contributed by atoms with Crippen LogP contribution in [0.3, 0.4) is 0 Å². The van der Waals surface area contributed by atoms with E-state index in [-0.39, 0.29) is 0 Å². The zero-order valence-electron chi connectivity index (χ0n) is 11.4. The SMILES string of the molecule is Cc1ccnc(Cl)c1NC1C2CC3CC(C2)CC1C3. The summed E-state index contributed by atoms with van der Waals surface area (Å²) in [4.78, 5) is 4.23. The standard InChI is InChI=1S/C16H21ClN2/c1-9-2-3-18-16(17)14(9)19-15-12-5-10-4-11(7-12)8-13(15)6-10/h2-3,10-13,15,19H,4-8H2,1H3. The van der Waals surface area contributed by atoms with E-state index in [0.29, 0.717) is 11.2 Å². The molecule has 0 atom stereocenters. The first-order chi connectivity index (χ1) is 9.20. The number of nitrogens with one attached hydrogen (secondary N) is 1. The van der Waals surface area contributed by atoms with Crippen LogP contribution >= 0.6 is 11.6 Å². The molecule has 0 aliphatic heterocycles. The lowest BCUT2D eigenvalue weighted by Gasteiger charge is -2.54. The van der Waals surface area contributed by atoms with Gasteiger partial charge in [0.2, 0.25) is 0 Å². The molecular weight excluding hydrogens is 256 g/mol. The van der Waals surface area contributed by atoms with Crippen molar-refractivity contribution in [2.45, 2.75) is 45.1 Å². The molecule has 0 spiro atoms. The fourth-order valence-electron chi connectivity index (χ4n) is 5.03. The van der Waals surface area contributed by atoms with Gasteiger partial charge in [-0.05, 0) is 74.3 Å². The van der Waals surface area contributed by atoms with Crippen LogP contribution < -0.4 is 5.32 Å². The Bertz CT molecular complexity index is 451. The van der Waals surface area contributed by atoms with Crippen LogP contribution in [0.5, 0.6) is 0 Å². The second-order valence-electron chi connectivity index (χ2n) is 6.89. The van der Waals surface area contributed by atoms with Crippen molar-refractivity contribution in [2.75, 3.05) is 5.32 Å². The van der Waals surface area contributed by atoms with Crippen molar-refractivity contribution >= 4 is 17.3 Å². The molecule has 5 rings (SSSR count). The van der Waals surface area contributed by atoms with Crippen LogP contribution in [0.15, 0.2) is 12.3 Å². The predicted octanol–water partition coefficient (Wildman–Crippen LogP) is 4.28. The molecule has 0 unspecified atom stereocenters. The molecule has 4 aliphatic rings. The van der Waals surface area contributed by atoms with E-state index in [1.165, 1.54) is 37.7 Å². The summed E-state index contributed by atoms with van der Waals surface area (Å²) in [6.07, 6.45) is 9.03. The Balaban J connectivity index is 1.60. The molecule has 4 aliphatic carbocycles. The molecule has 19 heavy (non-hydrogen) atoms. The predicted molar refractivity (Wildman–Crippen MR) is 78.4 cm³/mol. The molecule has 1 heterocycles. The fraction of sp³-hybridized carbons (Fsp3) is 0.688. The van der Waals surface area contributed by atoms with Gasteiger partial charge in [0.1, 0.15) is 0 Å². The Hall–Kier alpha value is -0.760. The summed E-state index contributed by atoms with van der Waals surface area (Å²) in [5.74, 6) is 3.77. The molecule has 4 fully saturated rings. The lowest BCUT2D eigenvalue weighted by molar-refractivity contribution is 0.00752. The minimum absolute atomic E-state index is 0.633. The number of anilines is 1. The van der Waals surface area contributed by atoms with Crippen LogP contribution in [0, 0.1) is 30.6 Å². The van der Waals surface area contributed by atoms with Crippen LogP contribution in [0.2, 0.25) is 5.15 Å². The summed E-state index contributed by atoms with van der Waals surface area (Å²) >= 11 is 6.27. The summed E-state index contributed by atoms with van der Waals surface area (Å²) in [5.41, 5.74) is 2.29. The number of aryl methyl sites for hydroxylation is 1.